The lowest BCUT2D eigenvalue weighted by atomic mass is 10.2. The highest BCUT2D eigenvalue weighted by atomic mass is 79.9. The van der Waals surface area contributed by atoms with Crippen molar-refractivity contribution in [2.24, 2.45) is 0 Å². The maximum atomic E-state index is 11.1. The number of hydrogen-bond acceptors (Lipinski definition) is 4. The van der Waals surface area contributed by atoms with Crippen LogP contribution in [0.2, 0.25) is 0 Å². The summed E-state index contributed by atoms with van der Waals surface area (Å²) in [4.78, 5) is 11.1. The molecule has 2 aromatic carbocycles. The fourth-order valence-electron chi connectivity index (χ4n) is 1.91. The number of carbonyl (C=O) groups is 1. The van der Waals surface area contributed by atoms with Crippen LogP contribution in [0.15, 0.2) is 40.9 Å². The van der Waals surface area contributed by atoms with Crippen molar-refractivity contribution in [3.63, 3.8) is 0 Å². The van der Waals surface area contributed by atoms with Gasteiger partial charge in [-0.2, -0.15) is 0 Å². The van der Waals surface area contributed by atoms with Crippen LogP contribution in [0.4, 0.5) is 0 Å². The van der Waals surface area contributed by atoms with Crippen LogP contribution in [-0.4, -0.2) is 20.5 Å². The largest absolute Gasteiger partial charge is 0.496 e. The zero-order valence-electron chi connectivity index (χ0n) is 11.8. The molecule has 4 nitrogen and oxygen atoms in total. The number of halogens is 1. The summed E-state index contributed by atoms with van der Waals surface area (Å²) >= 11 is 3.42. The molecule has 0 aromatic heterocycles. The number of aldehydes is 1. The van der Waals surface area contributed by atoms with E-state index in [0.717, 1.165) is 10.0 Å². The summed E-state index contributed by atoms with van der Waals surface area (Å²) < 4.78 is 17.1. The van der Waals surface area contributed by atoms with Crippen LogP contribution in [0.3, 0.4) is 0 Å². The molecule has 0 N–H and O–H groups in total. The van der Waals surface area contributed by atoms with Gasteiger partial charge in [-0.05, 0) is 17.7 Å². The molecule has 0 fully saturated rings. The molecule has 2 aromatic rings. The molecule has 0 heterocycles. The summed E-state index contributed by atoms with van der Waals surface area (Å²) in [5.41, 5.74) is 1.40. The molecule has 0 saturated heterocycles. The topological polar surface area (TPSA) is 44.8 Å². The maximum absolute atomic E-state index is 11.1. The molecule has 0 aliphatic rings. The highest BCUT2D eigenvalue weighted by Crippen LogP contribution is 2.33. The van der Waals surface area contributed by atoms with Crippen molar-refractivity contribution in [1.82, 2.24) is 0 Å². The molecule has 0 spiro atoms. The number of rotatable bonds is 6. The predicted octanol–water partition coefficient (Wildman–Crippen LogP) is 3.86. The average molecular weight is 351 g/mol. The number of carbonyl (C=O) groups excluding carboxylic acids is 1. The van der Waals surface area contributed by atoms with Gasteiger partial charge in [0.15, 0.2) is 6.29 Å². The van der Waals surface area contributed by atoms with Crippen molar-refractivity contribution < 1.29 is 19.0 Å². The first-order valence-electron chi connectivity index (χ1n) is 6.26. The van der Waals surface area contributed by atoms with Crippen molar-refractivity contribution in [2.75, 3.05) is 14.2 Å². The smallest absolute Gasteiger partial charge is 0.157 e. The molecule has 5 heteroatoms. The third kappa shape index (κ3) is 3.76. The third-order valence-electron chi connectivity index (χ3n) is 2.93. The summed E-state index contributed by atoms with van der Waals surface area (Å²) in [6.07, 6.45) is 0.704. The monoisotopic (exact) mass is 350 g/mol. The Bertz CT molecular complexity index is 615. The van der Waals surface area contributed by atoms with E-state index in [4.69, 9.17) is 14.2 Å². The molecule has 0 atom stereocenters. The van der Waals surface area contributed by atoms with E-state index in [-0.39, 0.29) is 0 Å². The van der Waals surface area contributed by atoms with Crippen LogP contribution in [-0.2, 0) is 6.61 Å². The lowest BCUT2D eigenvalue weighted by molar-refractivity contribution is 0.111. The van der Waals surface area contributed by atoms with Gasteiger partial charge in [-0.1, -0.05) is 28.1 Å². The van der Waals surface area contributed by atoms with Gasteiger partial charge in [0, 0.05) is 16.6 Å². The Morgan fingerprint density at radius 2 is 1.76 bits per heavy atom. The summed E-state index contributed by atoms with van der Waals surface area (Å²) in [6, 6.07) is 11.2. The Balaban J connectivity index is 2.22. The molecule has 0 unspecified atom stereocenters. The minimum absolute atomic E-state index is 0.370. The van der Waals surface area contributed by atoms with Gasteiger partial charge in [-0.15, -0.1) is 0 Å². The molecule has 21 heavy (non-hydrogen) atoms. The lowest BCUT2D eigenvalue weighted by Crippen LogP contribution is -2.00. The quantitative estimate of drug-likeness (QED) is 0.742. The average Bonchev–Trinajstić information content (AvgIpc) is 2.51. The van der Waals surface area contributed by atoms with E-state index in [1.807, 2.05) is 24.3 Å². The molecule has 2 rings (SSSR count). The van der Waals surface area contributed by atoms with Gasteiger partial charge in [0.2, 0.25) is 0 Å². The Kier molecular flexibility index (Phi) is 5.22. The lowest BCUT2D eigenvalue weighted by Gasteiger charge is -2.13. The number of benzene rings is 2. The first-order chi connectivity index (χ1) is 10.2. The van der Waals surface area contributed by atoms with E-state index in [1.165, 1.54) is 14.2 Å². The SMILES string of the molecule is COc1cc(OCc2cccc(Br)c2)cc(OC)c1C=O. The molecular formula is C16H15BrO4. The molecule has 0 amide bonds. The van der Waals surface area contributed by atoms with E-state index in [0.29, 0.717) is 35.7 Å². The van der Waals surface area contributed by atoms with Crippen molar-refractivity contribution in [3.05, 3.63) is 52.0 Å². The van der Waals surface area contributed by atoms with Crippen LogP contribution in [0, 0.1) is 0 Å². The normalized spacial score (nSPS) is 10.0. The molecule has 0 radical (unpaired) electrons. The number of hydrogen-bond donors (Lipinski definition) is 0. The highest BCUT2D eigenvalue weighted by molar-refractivity contribution is 9.10. The molecule has 0 bridgehead atoms. The Hall–Kier alpha value is -2.01. The van der Waals surface area contributed by atoms with Gasteiger partial charge in [-0.25, -0.2) is 0 Å². The zero-order chi connectivity index (χ0) is 15.2. The van der Waals surface area contributed by atoms with Crippen molar-refractivity contribution in [1.29, 1.82) is 0 Å². The van der Waals surface area contributed by atoms with Crippen molar-refractivity contribution in [2.45, 2.75) is 6.61 Å². The van der Waals surface area contributed by atoms with Gasteiger partial charge in [0.1, 0.15) is 23.9 Å². The second-order valence-electron chi connectivity index (χ2n) is 4.28. The number of methoxy groups -OCH3 is 2. The van der Waals surface area contributed by atoms with Crippen LogP contribution in [0.25, 0.3) is 0 Å². The second kappa shape index (κ2) is 7.13. The highest BCUT2D eigenvalue weighted by Gasteiger charge is 2.12. The van der Waals surface area contributed by atoms with E-state index in [2.05, 4.69) is 15.9 Å². The summed E-state index contributed by atoms with van der Waals surface area (Å²) in [6.45, 7) is 0.409. The molecular weight excluding hydrogens is 336 g/mol. The van der Waals surface area contributed by atoms with Gasteiger partial charge >= 0.3 is 0 Å². The second-order valence-corrected chi connectivity index (χ2v) is 5.19. The minimum Gasteiger partial charge on any atom is -0.496 e. The van der Waals surface area contributed by atoms with Gasteiger partial charge in [0.05, 0.1) is 19.8 Å². The van der Waals surface area contributed by atoms with Gasteiger partial charge in [0.25, 0.3) is 0 Å². The zero-order valence-corrected chi connectivity index (χ0v) is 13.3. The van der Waals surface area contributed by atoms with Gasteiger partial charge in [-0.3, -0.25) is 4.79 Å². The predicted molar refractivity (Wildman–Crippen MR) is 83.4 cm³/mol. The van der Waals surface area contributed by atoms with Crippen molar-refractivity contribution in [3.8, 4) is 17.2 Å². The summed E-state index contributed by atoms with van der Waals surface area (Å²) in [5.74, 6) is 1.43. The summed E-state index contributed by atoms with van der Waals surface area (Å²) in [7, 11) is 3.00. The maximum Gasteiger partial charge on any atom is 0.157 e. The fraction of sp³-hybridized carbons (Fsp3) is 0.188. The summed E-state index contributed by atoms with van der Waals surface area (Å²) in [5, 5.41) is 0. The Morgan fingerprint density at radius 1 is 1.10 bits per heavy atom. The first kappa shape index (κ1) is 15.4. The third-order valence-corrected chi connectivity index (χ3v) is 3.42. The standard InChI is InChI=1S/C16H15BrO4/c1-19-15-7-13(8-16(20-2)14(15)9-18)21-10-11-4-3-5-12(17)6-11/h3-9H,10H2,1-2H3. The van der Waals surface area contributed by atoms with Crippen LogP contribution in [0.1, 0.15) is 15.9 Å². The van der Waals surface area contributed by atoms with E-state index >= 15 is 0 Å². The van der Waals surface area contributed by atoms with E-state index < -0.39 is 0 Å². The van der Waals surface area contributed by atoms with Crippen LogP contribution in [0.5, 0.6) is 17.2 Å². The molecule has 0 aliphatic heterocycles. The van der Waals surface area contributed by atoms with Crippen LogP contribution < -0.4 is 14.2 Å². The van der Waals surface area contributed by atoms with Crippen LogP contribution >= 0.6 is 15.9 Å². The molecule has 0 saturated carbocycles. The molecule has 110 valence electrons. The minimum atomic E-state index is 0.370. The number of ether oxygens (including phenoxy) is 3. The Morgan fingerprint density at radius 3 is 2.29 bits per heavy atom. The van der Waals surface area contributed by atoms with Crippen molar-refractivity contribution >= 4 is 22.2 Å². The Labute approximate surface area is 131 Å². The van der Waals surface area contributed by atoms with E-state index in [1.54, 1.807) is 12.1 Å². The van der Waals surface area contributed by atoms with E-state index in [9.17, 15) is 4.79 Å². The van der Waals surface area contributed by atoms with Gasteiger partial charge < -0.3 is 14.2 Å². The first-order valence-corrected chi connectivity index (χ1v) is 7.05. The molecule has 0 aliphatic carbocycles. The fourth-order valence-corrected chi connectivity index (χ4v) is 2.35.